The zero-order valence-electron chi connectivity index (χ0n) is 11.6. The fourth-order valence-corrected chi connectivity index (χ4v) is 3.96. The number of carbonyl (C=O) groups excluding carboxylic acids is 1. The van der Waals surface area contributed by atoms with Crippen molar-refractivity contribution in [2.24, 2.45) is 0 Å². The Balaban J connectivity index is 0.00000324. The van der Waals surface area contributed by atoms with Crippen LogP contribution in [0.1, 0.15) is 39.0 Å². The van der Waals surface area contributed by atoms with Gasteiger partial charge >= 0.3 is 0 Å². The maximum Gasteiger partial charge on any atom is 0.221 e. The quantitative estimate of drug-likeness (QED) is 0.732. The first-order valence-corrected chi connectivity index (χ1v) is 8.33. The first-order chi connectivity index (χ1) is 8.45. The van der Waals surface area contributed by atoms with Crippen molar-refractivity contribution in [2.45, 2.75) is 50.3 Å². The van der Waals surface area contributed by atoms with E-state index in [1.807, 2.05) is 14.0 Å². The van der Waals surface area contributed by atoms with Crippen molar-refractivity contribution in [1.29, 1.82) is 0 Å². The van der Waals surface area contributed by atoms with Crippen LogP contribution in [0.4, 0.5) is 0 Å². The second kappa shape index (κ2) is 8.76. The number of hydrogen-bond donors (Lipinski definition) is 2. The summed E-state index contributed by atoms with van der Waals surface area (Å²) >= 11 is 0. The standard InChI is InChI=1S/C12H24N2O3S.ClH/c1-10(13-2)9-14-12(15)7-8-18(16,17)11-5-3-4-6-11;/h10-11,13H,3-9H2,1-2H3,(H,14,15);1H. The van der Waals surface area contributed by atoms with Crippen LogP contribution in [0, 0.1) is 0 Å². The molecule has 0 radical (unpaired) electrons. The Morgan fingerprint density at radius 2 is 1.89 bits per heavy atom. The van der Waals surface area contributed by atoms with Gasteiger partial charge in [0, 0.05) is 19.0 Å². The lowest BCUT2D eigenvalue weighted by molar-refractivity contribution is -0.120. The minimum atomic E-state index is -3.08. The Morgan fingerprint density at radius 3 is 2.42 bits per heavy atom. The molecule has 1 amide bonds. The lowest BCUT2D eigenvalue weighted by Crippen LogP contribution is -2.38. The molecule has 5 nitrogen and oxygen atoms in total. The van der Waals surface area contributed by atoms with E-state index in [2.05, 4.69) is 10.6 Å². The van der Waals surface area contributed by atoms with Crippen molar-refractivity contribution in [2.75, 3.05) is 19.3 Å². The average molecular weight is 313 g/mol. The van der Waals surface area contributed by atoms with E-state index in [1.165, 1.54) is 0 Å². The summed E-state index contributed by atoms with van der Waals surface area (Å²) < 4.78 is 23.9. The van der Waals surface area contributed by atoms with E-state index in [-0.39, 0.29) is 41.8 Å². The fourth-order valence-electron chi connectivity index (χ4n) is 2.11. The van der Waals surface area contributed by atoms with Gasteiger partial charge in [-0.05, 0) is 26.8 Å². The van der Waals surface area contributed by atoms with Gasteiger partial charge in [0.05, 0.1) is 11.0 Å². The van der Waals surface area contributed by atoms with Crippen LogP contribution in [0.15, 0.2) is 0 Å². The van der Waals surface area contributed by atoms with Gasteiger partial charge < -0.3 is 10.6 Å². The molecule has 0 bridgehead atoms. The lowest BCUT2D eigenvalue weighted by atomic mass is 10.3. The van der Waals surface area contributed by atoms with E-state index in [1.54, 1.807) is 0 Å². The summed E-state index contributed by atoms with van der Waals surface area (Å²) in [6.07, 6.45) is 3.60. The Morgan fingerprint density at radius 1 is 1.32 bits per heavy atom. The number of sulfone groups is 1. The Labute approximate surface area is 122 Å². The highest BCUT2D eigenvalue weighted by Gasteiger charge is 2.28. The van der Waals surface area contributed by atoms with E-state index in [9.17, 15) is 13.2 Å². The van der Waals surface area contributed by atoms with Crippen molar-refractivity contribution < 1.29 is 13.2 Å². The molecule has 1 aliphatic carbocycles. The molecule has 19 heavy (non-hydrogen) atoms. The predicted molar refractivity (Wildman–Crippen MR) is 79.4 cm³/mol. The summed E-state index contributed by atoms with van der Waals surface area (Å²) in [5, 5.41) is 5.53. The molecule has 2 N–H and O–H groups in total. The summed E-state index contributed by atoms with van der Waals surface area (Å²) in [4.78, 5) is 11.5. The molecule has 1 aliphatic rings. The van der Waals surface area contributed by atoms with Gasteiger partial charge in [0.25, 0.3) is 0 Å². The lowest BCUT2D eigenvalue weighted by Gasteiger charge is -2.13. The SMILES string of the molecule is CNC(C)CNC(=O)CCS(=O)(=O)C1CCCC1.Cl. The first-order valence-electron chi connectivity index (χ1n) is 6.61. The molecule has 0 saturated heterocycles. The topological polar surface area (TPSA) is 75.3 Å². The zero-order valence-corrected chi connectivity index (χ0v) is 13.3. The summed E-state index contributed by atoms with van der Waals surface area (Å²) in [6.45, 7) is 2.48. The zero-order chi connectivity index (χ0) is 13.6. The van der Waals surface area contributed by atoms with E-state index < -0.39 is 9.84 Å². The third-order valence-electron chi connectivity index (χ3n) is 3.52. The van der Waals surface area contributed by atoms with E-state index in [0.29, 0.717) is 6.54 Å². The fraction of sp³-hybridized carbons (Fsp3) is 0.917. The normalized spacial score (nSPS) is 17.8. The second-order valence-corrected chi connectivity index (χ2v) is 7.42. The highest BCUT2D eigenvalue weighted by molar-refractivity contribution is 7.92. The summed E-state index contributed by atoms with van der Waals surface area (Å²) in [5.74, 6) is -0.198. The minimum Gasteiger partial charge on any atom is -0.355 e. The number of rotatable bonds is 7. The van der Waals surface area contributed by atoms with Crippen LogP contribution in [-0.2, 0) is 14.6 Å². The molecule has 1 saturated carbocycles. The molecule has 0 heterocycles. The van der Waals surface area contributed by atoms with Crippen molar-refractivity contribution in [3.05, 3.63) is 0 Å². The Kier molecular flexibility index (Phi) is 8.61. The summed E-state index contributed by atoms with van der Waals surface area (Å²) in [7, 11) is -1.25. The van der Waals surface area contributed by atoms with Crippen LogP contribution in [0.3, 0.4) is 0 Å². The van der Waals surface area contributed by atoms with Crippen LogP contribution >= 0.6 is 12.4 Å². The van der Waals surface area contributed by atoms with Crippen molar-refractivity contribution in [3.8, 4) is 0 Å². The minimum absolute atomic E-state index is 0. The number of nitrogens with one attached hydrogen (secondary N) is 2. The maximum atomic E-state index is 11.9. The largest absolute Gasteiger partial charge is 0.355 e. The summed E-state index contributed by atoms with van der Waals surface area (Å²) in [5.41, 5.74) is 0. The van der Waals surface area contributed by atoms with E-state index >= 15 is 0 Å². The van der Waals surface area contributed by atoms with Gasteiger partial charge in [0.15, 0.2) is 9.84 Å². The van der Waals surface area contributed by atoms with E-state index in [0.717, 1.165) is 25.7 Å². The molecular weight excluding hydrogens is 288 g/mol. The van der Waals surface area contributed by atoms with E-state index in [4.69, 9.17) is 0 Å². The third-order valence-corrected chi connectivity index (χ3v) is 5.78. The van der Waals surface area contributed by atoms with Crippen LogP contribution < -0.4 is 10.6 Å². The predicted octanol–water partition coefficient (Wildman–Crippen LogP) is 0.880. The molecule has 0 spiro atoms. The maximum absolute atomic E-state index is 11.9. The number of hydrogen-bond acceptors (Lipinski definition) is 4. The van der Waals surface area contributed by atoms with Gasteiger partial charge in [-0.15, -0.1) is 12.4 Å². The molecule has 114 valence electrons. The van der Waals surface area contributed by atoms with Gasteiger partial charge in [0.1, 0.15) is 0 Å². The van der Waals surface area contributed by atoms with Gasteiger partial charge in [-0.2, -0.15) is 0 Å². The first kappa shape index (κ1) is 18.7. The van der Waals surface area contributed by atoms with Crippen LogP contribution in [-0.4, -0.2) is 45.0 Å². The van der Waals surface area contributed by atoms with Gasteiger partial charge in [-0.1, -0.05) is 12.8 Å². The van der Waals surface area contributed by atoms with Gasteiger partial charge in [-0.25, -0.2) is 8.42 Å². The molecule has 0 aromatic heterocycles. The molecule has 0 aromatic carbocycles. The van der Waals surface area contributed by atoms with Gasteiger partial charge in [0.2, 0.25) is 5.91 Å². The number of halogens is 1. The number of likely N-dealkylation sites (N-methyl/N-ethyl adjacent to an activating group) is 1. The highest BCUT2D eigenvalue weighted by atomic mass is 35.5. The van der Waals surface area contributed by atoms with Crippen LogP contribution in [0.2, 0.25) is 0 Å². The third kappa shape index (κ3) is 6.58. The van der Waals surface area contributed by atoms with Crippen molar-refractivity contribution in [1.82, 2.24) is 10.6 Å². The second-order valence-electron chi connectivity index (χ2n) is 5.02. The Bertz CT molecular complexity index is 367. The number of carbonyl (C=O) groups is 1. The highest BCUT2D eigenvalue weighted by Crippen LogP contribution is 2.25. The molecular formula is C12H25ClN2O3S. The molecule has 0 aliphatic heterocycles. The van der Waals surface area contributed by atoms with Crippen LogP contribution in [0.25, 0.3) is 0 Å². The smallest absolute Gasteiger partial charge is 0.221 e. The monoisotopic (exact) mass is 312 g/mol. The molecule has 0 aromatic rings. The molecule has 7 heteroatoms. The molecule has 1 unspecified atom stereocenters. The van der Waals surface area contributed by atoms with Crippen molar-refractivity contribution >= 4 is 28.2 Å². The molecule has 1 rings (SSSR count). The average Bonchev–Trinajstić information content (AvgIpc) is 2.88. The van der Waals surface area contributed by atoms with Crippen LogP contribution in [0.5, 0.6) is 0 Å². The molecule has 1 atom stereocenters. The summed E-state index contributed by atoms with van der Waals surface area (Å²) in [6, 6.07) is 0.195. The Hall–Kier alpha value is -0.330. The van der Waals surface area contributed by atoms with Crippen molar-refractivity contribution in [3.63, 3.8) is 0 Å². The number of amides is 1. The van der Waals surface area contributed by atoms with Gasteiger partial charge in [-0.3, -0.25) is 4.79 Å². The molecule has 1 fully saturated rings.